The van der Waals surface area contributed by atoms with Crippen molar-refractivity contribution in [1.29, 1.82) is 5.26 Å². The predicted octanol–water partition coefficient (Wildman–Crippen LogP) is 1.90. The summed E-state index contributed by atoms with van der Waals surface area (Å²) in [4.78, 5) is 14.6. The van der Waals surface area contributed by atoms with E-state index in [4.69, 9.17) is 14.7 Å². The number of anilines is 2. The number of amides is 1. The SMILES string of the molecule is N#Cc1ccc(NC(=O)CSc2nnc(N3CCOCC3)n2CC2CCCO2)cc1. The molecule has 0 bridgehead atoms. The molecule has 1 amide bonds. The first kappa shape index (κ1) is 20.7. The van der Waals surface area contributed by atoms with Crippen molar-refractivity contribution < 1.29 is 14.3 Å². The Bertz CT molecular complexity index is 898. The van der Waals surface area contributed by atoms with E-state index in [2.05, 4.69) is 31.1 Å². The molecule has 2 fully saturated rings. The second-order valence-corrected chi connectivity index (χ2v) is 8.10. The summed E-state index contributed by atoms with van der Waals surface area (Å²) in [5.74, 6) is 0.889. The topological polar surface area (TPSA) is 105 Å². The quantitative estimate of drug-likeness (QED) is 0.667. The summed E-state index contributed by atoms with van der Waals surface area (Å²) in [5, 5.41) is 21.2. The number of nitriles is 1. The van der Waals surface area contributed by atoms with Gasteiger partial charge >= 0.3 is 0 Å². The van der Waals surface area contributed by atoms with Crippen molar-refractivity contribution in [3.8, 4) is 6.07 Å². The van der Waals surface area contributed by atoms with Crippen LogP contribution >= 0.6 is 11.8 Å². The molecule has 9 nitrogen and oxygen atoms in total. The number of morpholine rings is 1. The summed E-state index contributed by atoms with van der Waals surface area (Å²) in [6.45, 7) is 4.35. The molecule has 1 atom stereocenters. The zero-order valence-corrected chi connectivity index (χ0v) is 17.4. The molecule has 158 valence electrons. The van der Waals surface area contributed by atoms with E-state index in [1.165, 1.54) is 11.8 Å². The fourth-order valence-corrected chi connectivity index (χ4v) is 4.24. The lowest BCUT2D eigenvalue weighted by Gasteiger charge is -2.28. The van der Waals surface area contributed by atoms with Gasteiger partial charge in [0.15, 0.2) is 5.16 Å². The monoisotopic (exact) mass is 428 g/mol. The van der Waals surface area contributed by atoms with Crippen LogP contribution in [0.25, 0.3) is 0 Å². The Balaban J connectivity index is 1.42. The summed E-state index contributed by atoms with van der Waals surface area (Å²) in [7, 11) is 0. The van der Waals surface area contributed by atoms with Gasteiger partial charge in [0.25, 0.3) is 0 Å². The maximum Gasteiger partial charge on any atom is 0.234 e. The Labute approximate surface area is 179 Å². The van der Waals surface area contributed by atoms with Gasteiger partial charge in [-0.1, -0.05) is 11.8 Å². The minimum absolute atomic E-state index is 0.135. The van der Waals surface area contributed by atoms with Crippen molar-refractivity contribution in [2.45, 2.75) is 30.6 Å². The molecular formula is C20H24N6O3S. The van der Waals surface area contributed by atoms with Crippen LogP contribution < -0.4 is 10.2 Å². The Morgan fingerprint density at radius 2 is 2.03 bits per heavy atom. The summed E-state index contributed by atoms with van der Waals surface area (Å²) >= 11 is 1.36. The zero-order chi connectivity index (χ0) is 20.8. The molecule has 30 heavy (non-hydrogen) atoms. The first-order valence-corrected chi connectivity index (χ1v) is 11.0. The fourth-order valence-electron chi connectivity index (χ4n) is 3.49. The van der Waals surface area contributed by atoms with E-state index in [1.54, 1.807) is 24.3 Å². The molecule has 0 spiro atoms. The van der Waals surface area contributed by atoms with Crippen LogP contribution in [-0.2, 0) is 20.8 Å². The lowest BCUT2D eigenvalue weighted by Crippen LogP contribution is -2.38. The molecular weight excluding hydrogens is 404 g/mol. The van der Waals surface area contributed by atoms with Gasteiger partial charge in [-0.15, -0.1) is 10.2 Å². The molecule has 0 aliphatic carbocycles. The number of carbonyl (C=O) groups is 1. The number of carbonyl (C=O) groups excluding carboxylic acids is 1. The van der Waals surface area contributed by atoms with Crippen LogP contribution in [-0.4, -0.2) is 65.4 Å². The second-order valence-electron chi connectivity index (χ2n) is 7.15. The molecule has 1 aromatic heterocycles. The highest BCUT2D eigenvalue weighted by atomic mass is 32.2. The minimum Gasteiger partial charge on any atom is -0.378 e. The van der Waals surface area contributed by atoms with Gasteiger partial charge in [-0.05, 0) is 37.1 Å². The maximum atomic E-state index is 12.4. The fraction of sp³-hybridized carbons (Fsp3) is 0.500. The first-order valence-electron chi connectivity index (χ1n) is 10.0. The average molecular weight is 429 g/mol. The van der Waals surface area contributed by atoms with E-state index in [0.29, 0.717) is 36.2 Å². The third-order valence-electron chi connectivity index (χ3n) is 5.03. The lowest BCUT2D eigenvalue weighted by atomic mass is 10.2. The van der Waals surface area contributed by atoms with Gasteiger partial charge in [-0.3, -0.25) is 9.36 Å². The van der Waals surface area contributed by atoms with Crippen LogP contribution in [0.4, 0.5) is 11.6 Å². The van der Waals surface area contributed by atoms with E-state index in [-0.39, 0.29) is 17.8 Å². The smallest absolute Gasteiger partial charge is 0.234 e. The van der Waals surface area contributed by atoms with Crippen LogP contribution in [0, 0.1) is 11.3 Å². The highest BCUT2D eigenvalue weighted by Crippen LogP contribution is 2.26. The molecule has 0 saturated carbocycles. The summed E-state index contributed by atoms with van der Waals surface area (Å²) < 4.78 is 13.3. The third-order valence-corrected chi connectivity index (χ3v) is 6.00. The largest absolute Gasteiger partial charge is 0.378 e. The van der Waals surface area contributed by atoms with E-state index in [0.717, 1.165) is 38.5 Å². The van der Waals surface area contributed by atoms with Crippen LogP contribution in [0.5, 0.6) is 0 Å². The Morgan fingerprint density at radius 1 is 1.23 bits per heavy atom. The van der Waals surface area contributed by atoms with Gasteiger partial charge in [0.2, 0.25) is 11.9 Å². The molecule has 10 heteroatoms. The molecule has 1 N–H and O–H groups in total. The van der Waals surface area contributed by atoms with Crippen molar-refractivity contribution in [3.63, 3.8) is 0 Å². The number of hydrogen-bond acceptors (Lipinski definition) is 8. The number of ether oxygens (including phenoxy) is 2. The van der Waals surface area contributed by atoms with Gasteiger partial charge in [-0.25, -0.2) is 0 Å². The Morgan fingerprint density at radius 3 is 2.73 bits per heavy atom. The second kappa shape index (κ2) is 9.93. The standard InChI is InChI=1S/C20H24N6O3S/c21-12-15-3-5-16(6-4-15)22-18(27)14-30-20-24-23-19(25-7-10-28-11-8-25)26(20)13-17-2-1-9-29-17/h3-6,17H,1-2,7-11,13-14H2,(H,22,27). The number of nitrogens with zero attached hydrogens (tertiary/aromatic N) is 5. The number of aromatic nitrogens is 3. The van der Waals surface area contributed by atoms with E-state index in [9.17, 15) is 4.79 Å². The number of hydrogen-bond donors (Lipinski definition) is 1. The van der Waals surface area contributed by atoms with Crippen molar-refractivity contribution >= 4 is 29.3 Å². The molecule has 1 unspecified atom stereocenters. The van der Waals surface area contributed by atoms with Crippen molar-refractivity contribution in [1.82, 2.24) is 14.8 Å². The van der Waals surface area contributed by atoms with Crippen molar-refractivity contribution in [3.05, 3.63) is 29.8 Å². The molecule has 2 aliphatic heterocycles. The molecule has 2 aromatic rings. The summed E-state index contributed by atoms with van der Waals surface area (Å²) in [6, 6.07) is 8.85. The number of nitrogens with one attached hydrogen (secondary N) is 1. The van der Waals surface area contributed by atoms with Crippen LogP contribution in [0.15, 0.2) is 29.4 Å². The zero-order valence-electron chi connectivity index (χ0n) is 16.6. The highest BCUT2D eigenvalue weighted by molar-refractivity contribution is 7.99. The lowest BCUT2D eigenvalue weighted by molar-refractivity contribution is -0.113. The number of rotatable bonds is 7. The van der Waals surface area contributed by atoms with Crippen molar-refractivity contribution in [2.75, 3.05) is 48.9 Å². The molecule has 0 radical (unpaired) electrons. The predicted molar refractivity (Wildman–Crippen MR) is 113 cm³/mol. The minimum atomic E-state index is -0.135. The van der Waals surface area contributed by atoms with Gasteiger partial charge < -0.3 is 19.7 Å². The summed E-state index contributed by atoms with van der Waals surface area (Å²) in [6.07, 6.45) is 2.23. The number of benzene rings is 1. The van der Waals surface area contributed by atoms with E-state index < -0.39 is 0 Å². The first-order chi connectivity index (χ1) is 14.7. The molecule has 2 aliphatic rings. The van der Waals surface area contributed by atoms with Crippen LogP contribution in [0.1, 0.15) is 18.4 Å². The third kappa shape index (κ3) is 5.11. The van der Waals surface area contributed by atoms with Crippen molar-refractivity contribution in [2.24, 2.45) is 0 Å². The highest BCUT2D eigenvalue weighted by Gasteiger charge is 2.25. The number of thioether (sulfide) groups is 1. The Hall–Kier alpha value is -2.61. The average Bonchev–Trinajstić information content (AvgIpc) is 3.44. The molecule has 1 aromatic carbocycles. The van der Waals surface area contributed by atoms with Crippen LogP contribution in [0.3, 0.4) is 0 Å². The van der Waals surface area contributed by atoms with E-state index >= 15 is 0 Å². The Kier molecular flexibility index (Phi) is 6.84. The summed E-state index contributed by atoms with van der Waals surface area (Å²) in [5.41, 5.74) is 1.22. The molecule has 4 rings (SSSR count). The molecule has 2 saturated heterocycles. The van der Waals surface area contributed by atoms with Gasteiger partial charge in [-0.2, -0.15) is 5.26 Å². The van der Waals surface area contributed by atoms with Gasteiger partial charge in [0.1, 0.15) is 0 Å². The van der Waals surface area contributed by atoms with E-state index in [1.807, 2.05) is 0 Å². The van der Waals surface area contributed by atoms with Gasteiger partial charge in [0, 0.05) is 25.4 Å². The maximum absolute atomic E-state index is 12.4. The molecule has 3 heterocycles. The van der Waals surface area contributed by atoms with Crippen LogP contribution in [0.2, 0.25) is 0 Å². The normalized spacial score (nSPS) is 18.9. The van der Waals surface area contributed by atoms with Gasteiger partial charge in [0.05, 0.1) is 43.2 Å².